The lowest BCUT2D eigenvalue weighted by Gasteiger charge is -2.19. The van der Waals surface area contributed by atoms with E-state index in [2.05, 4.69) is 71.9 Å². The lowest BCUT2D eigenvalue weighted by Crippen LogP contribution is -2.10. The molecule has 0 spiro atoms. The van der Waals surface area contributed by atoms with Gasteiger partial charge >= 0.3 is 0 Å². The minimum absolute atomic E-state index is 0.151. The van der Waals surface area contributed by atoms with Crippen molar-refractivity contribution in [3.8, 4) is 17.2 Å². The summed E-state index contributed by atoms with van der Waals surface area (Å²) < 4.78 is 13.3. The van der Waals surface area contributed by atoms with Gasteiger partial charge in [0.2, 0.25) is 0 Å². The molecule has 4 rings (SSSR count). The number of rotatable bonds is 8. The highest BCUT2D eigenvalue weighted by Crippen LogP contribution is 2.28. The third-order valence-corrected chi connectivity index (χ3v) is 6.33. The van der Waals surface area contributed by atoms with Crippen molar-refractivity contribution in [1.29, 1.82) is 0 Å². The number of benzene rings is 3. The molecule has 3 aromatic carbocycles. The Bertz CT molecular complexity index is 1160. The van der Waals surface area contributed by atoms with Crippen LogP contribution in [0.5, 0.6) is 11.5 Å². The van der Waals surface area contributed by atoms with Gasteiger partial charge in [0.15, 0.2) is 11.0 Å². The van der Waals surface area contributed by atoms with Crippen LogP contribution in [0.15, 0.2) is 84.0 Å². The maximum atomic E-state index is 5.99. The van der Waals surface area contributed by atoms with Gasteiger partial charge in [0.25, 0.3) is 0 Å². The molecule has 0 atom stereocenters. The molecule has 5 nitrogen and oxygen atoms in total. The molecule has 0 aliphatic rings. The highest BCUT2D eigenvalue weighted by Gasteiger charge is 2.16. The molecule has 0 N–H and O–H groups in total. The molecule has 0 amide bonds. The zero-order valence-corrected chi connectivity index (χ0v) is 20.3. The van der Waals surface area contributed by atoms with Gasteiger partial charge in [0.05, 0.1) is 7.11 Å². The molecule has 0 fully saturated rings. The second-order valence-corrected chi connectivity index (χ2v) is 9.71. The molecule has 1 heterocycles. The van der Waals surface area contributed by atoms with Crippen molar-refractivity contribution < 1.29 is 9.47 Å². The second kappa shape index (κ2) is 10.1. The molecule has 6 heteroatoms. The van der Waals surface area contributed by atoms with E-state index in [1.807, 2.05) is 42.5 Å². The number of nitrogens with zero attached hydrogens (tertiary/aromatic N) is 3. The van der Waals surface area contributed by atoms with E-state index in [-0.39, 0.29) is 5.41 Å². The largest absolute Gasteiger partial charge is 0.497 e. The van der Waals surface area contributed by atoms with E-state index in [0.29, 0.717) is 6.61 Å². The number of hydrogen-bond acceptors (Lipinski definition) is 5. The lowest BCUT2D eigenvalue weighted by atomic mass is 9.87. The molecular weight excluding hydrogens is 430 g/mol. The SMILES string of the molecule is COc1ccc(OCc2nnc(SCc3ccc(C(C)(C)C)cc3)n2-c2ccccc2)cc1. The molecule has 4 aromatic rings. The summed E-state index contributed by atoms with van der Waals surface area (Å²) in [5.74, 6) is 3.12. The minimum Gasteiger partial charge on any atom is -0.497 e. The standard InChI is InChI=1S/C27H29N3O2S/c1-27(2,3)21-12-10-20(11-13-21)19-33-26-29-28-25(30(26)22-8-6-5-7-9-22)18-32-24-16-14-23(31-4)15-17-24/h5-17H,18-19H2,1-4H3. The summed E-state index contributed by atoms with van der Waals surface area (Å²) in [6.45, 7) is 7.01. The van der Waals surface area contributed by atoms with Gasteiger partial charge in [0.1, 0.15) is 18.1 Å². The number of hydrogen-bond donors (Lipinski definition) is 0. The van der Waals surface area contributed by atoms with Gasteiger partial charge in [-0.1, -0.05) is 75.0 Å². The summed E-state index contributed by atoms with van der Waals surface area (Å²) in [5, 5.41) is 9.76. The molecule has 0 unspecified atom stereocenters. The maximum absolute atomic E-state index is 5.99. The fourth-order valence-corrected chi connectivity index (χ4v) is 4.32. The Balaban J connectivity index is 1.52. The normalized spacial score (nSPS) is 11.4. The van der Waals surface area contributed by atoms with Gasteiger partial charge < -0.3 is 9.47 Å². The van der Waals surface area contributed by atoms with E-state index in [0.717, 1.165) is 33.9 Å². The molecule has 0 aliphatic heterocycles. The fraction of sp³-hybridized carbons (Fsp3) is 0.259. The number of methoxy groups -OCH3 is 1. The van der Waals surface area contributed by atoms with Gasteiger partial charge in [-0.05, 0) is 52.9 Å². The first kappa shape index (κ1) is 22.9. The average molecular weight is 460 g/mol. The Hall–Kier alpha value is -3.25. The Morgan fingerprint density at radius 2 is 1.48 bits per heavy atom. The fourth-order valence-electron chi connectivity index (χ4n) is 3.39. The van der Waals surface area contributed by atoms with Crippen molar-refractivity contribution in [2.75, 3.05) is 7.11 Å². The minimum atomic E-state index is 0.151. The maximum Gasteiger partial charge on any atom is 0.196 e. The first-order valence-corrected chi connectivity index (χ1v) is 11.9. The summed E-state index contributed by atoms with van der Waals surface area (Å²) in [6.07, 6.45) is 0. The first-order valence-electron chi connectivity index (χ1n) is 10.9. The van der Waals surface area contributed by atoms with Gasteiger partial charge in [0, 0.05) is 11.4 Å². The van der Waals surface area contributed by atoms with E-state index in [1.165, 1.54) is 11.1 Å². The van der Waals surface area contributed by atoms with E-state index in [1.54, 1.807) is 18.9 Å². The quantitative estimate of drug-likeness (QED) is 0.284. The highest BCUT2D eigenvalue weighted by molar-refractivity contribution is 7.98. The van der Waals surface area contributed by atoms with E-state index in [9.17, 15) is 0 Å². The molecule has 1 aromatic heterocycles. The molecule has 0 radical (unpaired) electrons. The molecule has 0 bridgehead atoms. The molecule has 33 heavy (non-hydrogen) atoms. The number of para-hydroxylation sites is 1. The van der Waals surface area contributed by atoms with Crippen LogP contribution >= 0.6 is 11.8 Å². The van der Waals surface area contributed by atoms with E-state index in [4.69, 9.17) is 9.47 Å². The van der Waals surface area contributed by atoms with Crippen LogP contribution in [0.25, 0.3) is 5.69 Å². The van der Waals surface area contributed by atoms with Crippen molar-refractivity contribution in [2.45, 2.75) is 43.7 Å². The Morgan fingerprint density at radius 1 is 0.818 bits per heavy atom. The van der Waals surface area contributed by atoms with Crippen molar-refractivity contribution in [3.63, 3.8) is 0 Å². The Kier molecular flexibility index (Phi) is 7.04. The van der Waals surface area contributed by atoms with Crippen molar-refractivity contribution >= 4 is 11.8 Å². The van der Waals surface area contributed by atoms with Crippen LogP contribution in [0.1, 0.15) is 37.7 Å². The van der Waals surface area contributed by atoms with Crippen LogP contribution in [0.2, 0.25) is 0 Å². The first-order chi connectivity index (χ1) is 15.9. The monoisotopic (exact) mass is 459 g/mol. The summed E-state index contributed by atoms with van der Waals surface area (Å²) in [7, 11) is 1.65. The van der Waals surface area contributed by atoms with Crippen molar-refractivity contribution in [2.24, 2.45) is 0 Å². The lowest BCUT2D eigenvalue weighted by molar-refractivity contribution is 0.292. The number of ether oxygens (including phenoxy) is 2. The Labute approximate surface area is 199 Å². The summed E-state index contributed by atoms with van der Waals surface area (Å²) in [6, 6.07) is 26.5. The highest BCUT2D eigenvalue weighted by atomic mass is 32.2. The van der Waals surface area contributed by atoms with E-state index < -0.39 is 0 Å². The predicted octanol–water partition coefficient (Wildman–Crippen LogP) is 6.44. The molecule has 0 saturated carbocycles. The third-order valence-electron chi connectivity index (χ3n) is 5.33. The predicted molar refractivity (Wildman–Crippen MR) is 133 cm³/mol. The van der Waals surface area contributed by atoms with Gasteiger partial charge in [-0.25, -0.2) is 0 Å². The van der Waals surface area contributed by atoms with Crippen LogP contribution in [0.3, 0.4) is 0 Å². The van der Waals surface area contributed by atoms with E-state index >= 15 is 0 Å². The summed E-state index contributed by atoms with van der Waals surface area (Å²) >= 11 is 1.67. The average Bonchev–Trinajstić information content (AvgIpc) is 3.25. The third kappa shape index (κ3) is 5.76. The van der Waals surface area contributed by atoms with Crippen molar-refractivity contribution in [1.82, 2.24) is 14.8 Å². The summed E-state index contributed by atoms with van der Waals surface area (Å²) in [5.41, 5.74) is 3.76. The molecule has 170 valence electrons. The topological polar surface area (TPSA) is 49.2 Å². The van der Waals surface area contributed by atoms with Gasteiger partial charge in [-0.15, -0.1) is 10.2 Å². The van der Waals surface area contributed by atoms with Crippen LogP contribution in [0, 0.1) is 0 Å². The van der Waals surface area contributed by atoms with Crippen molar-refractivity contribution in [3.05, 3.63) is 95.8 Å². The number of aromatic nitrogens is 3. The van der Waals surface area contributed by atoms with Crippen LogP contribution in [-0.2, 0) is 17.8 Å². The molecule has 0 saturated heterocycles. The Morgan fingerprint density at radius 3 is 2.12 bits per heavy atom. The molecule has 0 aliphatic carbocycles. The van der Waals surface area contributed by atoms with Crippen LogP contribution in [0.4, 0.5) is 0 Å². The summed E-state index contributed by atoms with van der Waals surface area (Å²) in [4.78, 5) is 0. The van der Waals surface area contributed by atoms with Crippen LogP contribution in [-0.4, -0.2) is 21.9 Å². The number of thioether (sulfide) groups is 1. The smallest absolute Gasteiger partial charge is 0.196 e. The zero-order valence-electron chi connectivity index (χ0n) is 19.5. The zero-order chi connectivity index (χ0) is 23.3. The van der Waals surface area contributed by atoms with Gasteiger partial charge in [-0.3, -0.25) is 4.57 Å². The van der Waals surface area contributed by atoms with Crippen LogP contribution < -0.4 is 9.47 Å². The van der Waals surface area contributed by atoms with Gasteiger partial charge in [-0.2, -0.15) is 0 Å². The second-order valence-electron chi connectivity index (χ2n) is 8.77. The molecular formula is C27H29N3O2S.